The first-order valence-corrected chi connectivity index (χ1v) is 13.1. The van der Waals surface area contributed by atoms with Crippen LogP contribution in [-0.4, -0.2) is 70.5 Å². The average molecular weight is 523 g/mol. The molecule has 0 bridgehead atoms. The van der Waals surface area contributed by atoms with E-state index in [0.29, 0.717) is 28.2 Å². The molecule has 5 rings (SSSR count). The van der Waals surface area contributed by atoms with Crippen LogP contribution in [0.2, 0.25) is 0 Å². The Labute approximate surface area is 221 Å². The first-order chi connectivity index (χ1) is 18.5. The molecule has 0 spiro atoms. The predicted octanol–water partition coefficient (Wildman–Crippen LogP) is 1.64. The molecule has 1 aliphatic heterocycles. The summed E-state index contributed by atoms with van der Waals surface area (Å²) in [5.74, 6) is -0.423. The van der Waals surface area contributed by atoms with Gasteiger partial charge in [-0.05, 0) is 42.2 Å². The van der Waals surface area contributed by atoms with Gasteiger partial charge in [0.05, 0.1) is 32.3 Å². The molecule has 4 atom stereocenters. The van der Waals surface area contributed by atoms with E-state index in [-0.39, 0.29) is 38.1 Å². The lowest BCUT2D eigenvalue weighted by Gasteiger charge is -2.42. The van der Waals surface area contributed by atoms with Gasteiger partial charge in [0.15, 0.2) is 11.5 Å². The molecule has 0 aromatic heterocycles. The van der Waals surface area contributed by atoms with Gasteiger partial charge in [0, 0.05) is 30.1 Å². The number of carbonyl (C=O) groups is 2. The number of nitrogens with zero attached hydrogens (tertiary/aromatic N) is 1. The van der Waals surface area contributed by atoms with Gasteiger partial charge in [-0.25, -0.2) is 0 Å². The zero-order valence-electron chi connectivity index (χ0n) is 21.4. The van der Waals surface area contributed by atoms with Gasteiger partial charge < -0.3 is 35.0 Å². The molecular weight excluding hydrogens is 488 g/mol. The Bertz CT molecular complexity index is 1210. The minimum absolute atomic E-state index is 0.0513. The summed E-state index contributed by atoms with van der Waals surface area (Å²) in [5, 5.41) is 33.6. The molecule has 1 saturated carbocycles. The van der Waals surface area contributed by atoms with Crippen LogP contribution >= 0.6 is 0 Å². The van der Waals surface area contributed by atoms with E-state index in [4.69, 9.17) is 9.47 Å². The first-order valence-electron chi connectivity index (χ1n) is 13.1. The number of amides is 2. The summed E-state index contributed by atoms with van der Waals surface area (Å²) in [6.07, 6.45) is 2.28. The Morgan fingerprint density at radius 2 is 1.89 bits per heavy atom. The minimum Gasteiger partial charge on any atom is -0.493 e. The molecule has 9 heteroatoms. The van der Waals surface area contributed by atoms with Crippen molar-refractivity contribution in [2.45, 2.75) is 56.6 Å². The van der Waals surface area contributed by atoms with E-state index in [1.807, 2.05) is 30.3 Å². The van der Waals surface area contributed by atoms with Crippen molar-refractivity contribution in [2.75, 3.05) is 20.3 Å². The Kier molecular flexibility index (Phi) is 7.69. The number of benzene rings is 2. The lowest BCUT2D eigenvalue weighted by Crippen LogP contribution is -2.56. The van der Waals surface area contributed by atoms with Gasteiger partial charge in [-0.2, -0.15) is 0 Å². The maximum absolute atomic E-state index is 13.7. The number of hydrogen-bond donors (Lipinski definition) is 4. The summed E-state index contributed by atoms with van der Waals surface area (Å²) < 4.78 is 11.8. The fourth-order valence-corrected chi connectivity index (χ4v) is 5.62. The van der Waals surface area contributed by atoms with Crippen LogP contribution in [0, 0.1) is 5.92 Å². The summed E-state index contributed by atoms with van der Waals surface area (Å²) in [6.45, 7) is -0.122. The second-order valence-electron chi connectivity index (χ2n) is 10.1. The number of nitrogens with one attached hydrogen (secondary N) is 1. The molecule has 2 aromatic rings. The number of rotatable bonds is 9. The lowest BCUT2D eigenvalue weighted by molar-refractivity contribution is -0.145. The fraction of sp³-hybridized carbons (Fsp3) is 0.448. The Balaban J connectivity index is 1.59. The van der Waals surface area contributed by atoms with Gasteiger partial charge in [-0.1, -0.05) is 36.8 Å². The van der Waals surface area contributed by atoms with E-state index in [9.17, 15) is 24.9 Å². The number of carbonyl (C=O) groups excluding carboxylic acids is 2. The number of methoxy groups -OCH3 is 1. The number of fused-ring (bicyclic) bond motifs is 3. The van der Waals surface area contributed by atoms with Crippen molar-refractivity contribution in [3.63, 3.8) is 0 Å². The summed E-state index contributed by atoms with van der Waals surface area (Å²) >= 11 is 0. The van der Waals surface area contributed by atoms with Crippen molar-refractivity contribution in [3.05, 3.63) is 70.8 Å². The third-order valence-electron chi connectivity index (χ3n) is 7.79. The molecule has 0 radical (unpaired) electrons. The van der Waals surface area contributed by atoms with Gasteiger partial charge in [0.25, 0.3) is 0 Å². The molecule has 2 aliphatic carbocycles. The zero-order chi connectivity index (χ0) is 26.8. The van der Waals surface area contributed by atoms with Crippen molar-refractivity contribution in [3.8, 4) is 11.5 Å². The summed E-state index contributed by atoms with van der Waals surface area (Å²) in [5.41, 5.74) is 2.47. The highest BCUT2D eigenvalue weighted by Crippen LogP contribution is 2.51. The van der Waals surface area contributed by atoms with Crippen LogP contribution in [0.1, 0.15) is 41.9 Å². The van der Waals surface area contributed by atoms with Crippen LogP contribution in [0.15, 0.2) is 54.1 Å². The molecule has 3 aliphatic rings. The molecule has 0 saturated heterocycles. The highest BCUT2D eigenvalue weighted by atomic mass is 16.5. The van der Waals surface area contributed by atoms with Gasteiger partial charge >= 0.3 is 0 Å². The van der Waals surface area contributed by atoms with Crippen molar-refractivity contribution in [2.24, 2.45) is 5.92 Å². The van der Waals surface area contributed by atoms with E-state index in [2.05, 4.69) is 5.32 Å². The van der Waals surface area contributed by atoms with Gasteiger partial charge in [0.2, 0.25) is 11.8 Å². The molecule has 202 valence electrons. The van der Waals surface area contributed by atoms with Crippen LogP contribution in [0.3, 0.4) is 0 Å². The number of aliphatic hydroxyl groups excluding tert-OH is 3. The third kappa shape index (κ3) is 4.77. The van der Waals surface area contributed by atoms with Crippen LogP contribution < -0.4 is 14.8 Å². The minimum atomic E-state index is -1.13. The van der Waals surface area contributed by atoms with E-state index < -0.39 is 30.1 Å². The SMILES string of the molecule is COc1cc(CO)cc2c1O[C@@H]1[C@@H](O)[C@H](N(Cc3ccccc3)C(=O)C3CCC3)C=C(C(=O)NCCO)[C@H]21. The smallest absolute Gasteiger partial charge is 0.247 e. The number of hydrogen-bond acceptors (Lipinski definition) is 7. The lowest BCUT2D eigenvalue weighted by atomic mass is 9.76. The molecule has 38 heavy (non-hydrogen) atoms. The van der Waals surface area contributed by atoms with Crippen LogP contribution in [-0.2, 0) is 22.7 Å². The standard InChI is InChI=1S/C29H34N2O7/c1-37-23-13-18(16-33)12-20-24-21(28(35)30-10-11-32)14-22(25(34)27(24)38-26(20)23)31(29(36)19-8-5-9-19)15-17-6-3-2-4-7-17/h2-4,6-7,12-14,19,22,24-25,27,32-34H,5,8-11,15-16H2,1H3,(H,30,35)/t22-,24+,25+,27+/m1/s1. The molecule has 2 aromatic carbocycles. The van der Waals surface area contributed by atoms with Crippen molar-refractivity contribution >= 4 is 11.8 Å². The molecular formula is C29H34N2O7. The summed E-state index contributed by atoms with van der Waals surface area (Å²) in [4.78, 5) is 28.8. The van der Waals surface area contributed by atoms with Crippen LogP contribution in [0.25, 0.3) is 0 Å². The molecule has 1 heterocycles. The molecule has 1 fully saturated rings. The topological polar surface area (TPSA) is 129 Å². The van der Waals surface area contributed by atoms with Crippen molar-refractivity contribution < 1.29 is 34.4 Å². The Morgan fingerprint density at radius 1 is 1.13 bits per heavy atom. The largest absolute Gasteiger partial charge is 0.493 e. The van der Waals surface area contributed by atoms with Gasteiger partial charge in [-0.15, -0.1) is 0 Å². The average Bonchev–Trinajstić information content (AvgIpc) is 3.30. The molecule has 2 amide bonds. The monoisotopic (exact) mass is 522 g/mol. The number of ether oxygens (including phenoxy) is 2. The fourth-order valence-electron chi connectivity index (χ4n) is 5.62. The molecule has 4 N–H and O–H groups in total. The third-order valence-corrected chi connectivity index (χ3v) is 7.79. The van der Waals surface area contributed by atoms with Crippen LogP contribution in [0.5, 0.6) is 11.5 Å². The Hall–Kier alpha value is -3.40. The van der Waals surface area contributed by atoms with Gasteiger partial charge in [-0.3, -0.25) is 9.59 Å². The Morgan fingerprint density at radius 3 is 2.53 bits per heavy atom. The maximum atomic E-state index is 13.7. The quantitative estimate of drug-likeness (QED) is 0.394. The second kappa shape index (κ2) is 11.1. The van der Waals surface area contributed by atoms with Gasteiger partial charge in [0.1, 0.15) is 12.2 Å². The summed E-state index contributed by atoms with van der Waals surface area (Å²) in [7, 11) is 1.49. The normalized spacial score (nSPS) is 23.8. The number of aliphatic hydroxyl groups is 3. The van der Waals surface area contributed by atoms with E-state index in [1.54, 1.807) is 23.1 Å². The molecule has 9 nitrogen and oxygen atoms in total. The second-order valence-corrected chi connectivity index (χ2v) is 10.1. The van der Waals surface area contributed by atoms with E-state index >= 15 is 0 Å². The highest BCUT2D eigenvalue weighted by molar-refractivity contribution is 5.96. The van der Waals surface area contributed by atoms with Crippen molar-refractivity contribution in [1.29, 1.82) is 0 Å². The maximum Gasteiger partial charge on any atom is 0.247 e. The molecule has 0 unspecified atom stereocenters. The van der Waals surface area contributed by atoms with E-state index in [1.165, 1.54) is 7.11 Å². The highest BCUT2D eigenvalue weighted by Gasteiger charge is 2.52. The first kappa shape index (κ1) is 26.2. The van der Waals surface area contributed by atoms with E-state index in [0.717, 1.165) is 24.8 Å². The zero-order valence-corrected chi connectivity index (χ0v) is 21.4. The van der Waals surface area contributed by atoms with Crippen LogP contribution in [0.4, 0.5) is 0 Å². The summed E-state index contributed by atoms with van der Waals surface area (Å²) in [6, 6.07) is 12.2. The van der Waals surface area contributed by atoms with Crippen molar-refractivity contribution in [1.82, 2.24) is 10.2 Å². The predicted molar refractivity (Wildman–Crippen MR) is 138 cm³/mol.